The second-order valence-corrected chi connectivity index (χ2v) is 6.71. The van der Waals surface area contributed by atoms with E-state index in [0.29, 0.717) is 12.2 Å². The van der Waals surface area contributed by atoms with Gasteiger partial charge >= 0.3 is 0 Å². The lowest BCUT2D eigenvalue weighted by atomic mass is 9.98. The van der Waals surface area contributed by atoms with Gasteiger partial charge in [0.1, 0.15) is 12.1 Å². The Morgan fingerprint density at radius 1 is 1.48 bits per heavy atom. The van der Waals surface area contributed by atoms with Gasteiger partial charge in [-0.05, 0) is 25.3 Å². The molecule has 0 bridgehead atoms. The zero-order valence-corrected chi connectivity index (χ0v) is 16.2. The van der Waals surface area contributed by atoms with Gasteiger partial charge in [-0.2, -0.15) is 0 Å². The van der Waals surface area contributed by atoms with E-state index in [9.17, 15) is 19.0 Å². The first-order valence-corrected chi connectivity index (χ1v) is 9.03. The van der Waals surface area contributed by atoms with E-state index >= 15 is 0 Å². The molecule has 1 aromatic rings. The molecular formula is C16H26FN9O3. The molecule has 1 aliphatic rings. The standard InChI is InChI=1S/C16H26FN9O3/c1-19-8-22-14(25-29)10-3-4-20-6-11(10)23-16(27)12(13(18)24-28)15-21-5-9(17)7-26(15)2/h3-4,6,9,12-15,19,21-22H,5,7-8,18H2,1-2H3,(H,23,27). The maximum absolute atomic E-state index is 13.6. The minimum atomic E-state index is -1.37. The van der Waals surface area contributed by atoms with Crippen molar-refractivity contribution in [2.45, 2.75) is 24.7 Å². The van der Waals surface area contributed by atoms with Gasteiger partial charge in [0, 0.05) is 31.5 Å². The van der Waals surface area contributed by atoms with Crippen LogP contribution in [0, 0.1) is 15.7 Å². The topological polar surface area (TPSA) is 166 Å². The summed E-state index contributed by atoms with van der Waals surface area (Å²) in [5.74, 6) is -1.72. The Hall–Kier alpha value is -2.45. The Bertz CT molecular complexity index is 710. The number of carbonyl (C=O) groups excluding carboxylic acids is 1. The van der Waals surface area contributed by atoms with E-state index in [-0.39, 0.29) is 18.8 Å². The highest BCUT2D eigenvalue weighted by molar-refractivity contribution is 5.94. The van der Waals surface area contributed by atoms with Crippen LogP contribution in [0.3, 0.4) is 0 Å². The number of nitroso groups, excluding NO2 is 2. The Labute approximate surface area is 167 Å². The fourth-order valence-corrected chi connectivity index (χ4v) is 3.21. The molecule has 12 nitrogen and oxygen atoms in total. The van der Waals surface area contributed by atoms with Crippen molar-refractivity contribution in [1.82, 2.24) is 25.8 Å². The lowest BCUT2D eigenvalue weighted by Gasteiger charge is -2.39. The molecule has 1 saturated heterocycles. The second kappa shape index (κ2) is 10.9. The van der Waals surface area contributed by atoms with Crippen LogP contribution in [0.5, 0.6) is 0 Å². The zero-order valence-electron chi connectivity index (χ0n) is 16.2. The molecule has 1 aliphatic heterocycles. The molecular weight excluding hydrogens is 385 g/mol. The van der Waals surface area contributed by atoms with E-state index in [2.05, 4.69) is 36.6 Å². The maximum Gasteiger partial charge on any atom is 0.234 e. The lowest BCUT2D eigenvalue weighted by Crippen LogP contribution is -2.62. The van der Waals surface area contributed by atoms with Crippen LogP contribution in [-0.4, -0.2) is 68.1 Å². The predicted octanol–water partition coefficient (Wildman–Crippen LogP) is -0.582. The van der Waals surface area contributed by atoms with Crippen molar-refractivity contribution in [2.75, 3.05) is 39.2 Å². The van der Waals surface area contributed by atoms with Gasteiger partial charge in [-0.15, -0.1) is 9.81 Å². The van der Waals surface area contributed by atoms with Crippen LogP contribution >= 0.6 is 0 Å². The molecule has 29 heavy (non-hydrogen) atoms. The van der Waals surface area contributed by atoms with E-state index in [4.69, 9.17) is 5.73 Å². The van der Waals surface area contributed by atoms with Crippen molar-refractivity contribution >= 4 is 11.6 Å². The Kier molecular flexibility index (Phi) is 8.60. The van der Waals surface area contributed by atoms with Crippen molar-refractivity contribution in [3.05, 3.63) is 33.8 Å². The van der Waals surface area contributed by atoms with Gasteiger partial charge in [-0.25, -0.2) is 4.39 Å². The predicted molar refractivity (Wildman–Crippen MR) is 105 cm³/mol. The van der Waals surface area contributed by atoms with Gasteiger partial charge in [0.25, 0.3) is 0 Å². The number of nitrogens with one attached hydrogen (secondary N) is 4. The molecule has 1 amide bonds. The van der Waals surface area contributed by atoms with Crippen molar-refractivity contribution in [3.8, 4) is 0 Å². The Morgan fingerprint density at radius 3 is 2.86 bits per heavy atom. The van der Waals surface area contributed by atoms with E-state index in [0.717, 1.165) is 0 Å². The molecule has 1 aromatic heterocycles. The first kappa shape index (κ1) is 22.8. The van der Waals surface area contributed by atoms with E-state index in [1.54, 1.807) is 19.0 Å². The summed E-state index contributed by atoms with van der Waals surface area (Å²) >= 11 is 0. The molecule has 0 saturated carbocycles. The Morgan fingerprint density at radius 2 is 2.24 bits per heavy atom. The molecule has 0 aliphatic carbocycles. The van der Waals surface area contributed by atoms with E-state index < -0.39 is 36.5 Å². The minimum absolute atomic E-state index is 0.0214. The third kappa shape index (κ3) is 5.77. The summed E-state index contributed by atoms with van der Waals surface area (Å²) in [5.41, 5.74) is 6.40. The number of amides is 1. The average Bonchev–Trinajstić information content (AvgIpc) is 2.71. The van der Waals surface area contributed by atoms with Crippen LogP contribution < -0.4 is 27.0 Å². The SMILES string of the molecule is CNCNC(N=O)c1ccncc1NC(=O)C(C(N)N=O)C1NCC(F)CN1C. The largest absolute Gasteiger partial charge is 0.324 e. The number of halogens is 1. The highest BCUT2D eigenvalue weighted by Gasteiger charge is 2.40. The Balaban J connectivity index is 2.25. The van der Waals surface area contributed by atoms with Crippen molar-refractivity contribution < 1.29 is 9.18 Å². The highest BCUT2D eigenvalue weighted by atomic mass is 19.1. The second-order valence-electron chi connectivity index (χ2n) is 6.71. The summed E-state index contributed by atoms with van der Waals surface area (Å²) in [5, 5.41) is 17.1. The van der Waals surface area contributed by atoms with Gasteiger partial charge in [-0.3, -0.25) is 25.3 Å². The first-order chi connectivity index (χ1) is 13.9. The maximum atomic E-state index is 13.6. The van der Waals surface area contributed by atoms with Crippen LogP contribution in [0.15, 0.2) is 28.8 Å². The summed E-state index contributed by atoms with van der Waals surface area (Å²) in [7, 11) is 3.31. The van der Waals surface area contributed by atoms with Gasteiger partial charge in [0.05, 0.1) is 18.1 Å². The number of hydrogen-bond acceptors (Lipinski definition) is 11. The van der Waals surface area contributed by atoms with Crippen LogP contribution in [0.25, 0.3) is 0 Å². The molecule has 160 valence electrons. The van der Waals surface area contributed by atoms with Crippen LogP contribution in [0.2, 0.25) is 0 Å². The molecule has 0 radical (unpaired) electrons. The first-order valence-electron chi connectivity index (χ1n) is 9.03. The normalized spacial score (nSPS) is 23.0. The molecule has 13 heteroatoms. The van der Waals surface area contributed by atoms with Gasteiger partial charge in [-0.1, -0.05) is 5.18 Å². The van der Waals surface area contributed by atoms with Crippen LogP contribution in [0.1, 0.15) is 11.7 Å². The number of alkyl halides is 1. The summed E-state index contributed by atoms with van der Waals surface area (Å²) in [6, 6.07) is 1.54. The number of hydrogen-bond donors (Lipinski definition) is 5. The molecule has 1 fully saturated rings. The zero-order chi connectivity index (χ0) is 21.4. The summed E-state index contributed by atoms with van der Waals surface area (Å²) in [6.07, 6.45) is -1.30. The third-order valence-electron chi connectivity index (χ3n) is 4.63. The van der Waals surface area contributed by atoms with Crippen molar-refractivity contribution in [2.24, 2.45) is 22.0 Å². The quantitative estimate of drug-likeness (QED) is 0.250. The number of pyridine rings is 1. The van der Waals surface area contributed by atoms with Crippen molar-refractivity contribution in [3.63, 3.8) is 0 Å². The number of anilines is 1. The fraction of sp³-hybridized carbons (Fsp3) is 0.625. The molecule has 0 spiro atoms. The summed E-state index contributed by atoms with van der Waals surface area (Å²) in [6.45, 7) is 0.402. The number of nitrogens with zero attached hydrogens (tertiary/aromatic N) is 4. The minimum Gasteiger partial charge on any atom is -0.324 e. The monoisotopic (exact) mass is 411 g/mol. The molecule has 5 atom stereocenters. The molecule has 5 unspecified atom stereocenters. The number of carbonyl (C=O) groups is 1. The third-order valence-corrected chi connectivity index (χ3v) is 4.63. The van der Waals surface area contributed by atoms with Gasteiger partial charge < -0.3 is 16.4 Å². The van der Waals surface area contributed by atoms with Crippen LogP contribution in [-0.2, 0) is 4.79 Å². The molecule has 2 rings (SSSR count). The molecule has 0 aromatic carbocycles. The fourth-order valence-electron chi connectivity index (χ4n) is 3.21. The average molecular weight is 411 g/mol. The van der Waals surface area contributed by atoms with Gasteiger partial charge in [0.2, 0.25) is 5.91 Å². The van der Waals surface area contributed by atoms with Crippen molar-refractivity contribution in [1.29, 1.82) is 0 Å². The summed E-state index contributed by atoms with van der Waals surface area (Å²) in [4.78, 5) is 40.9. The smallest absolute Gasteiger partial charge is 0.234 e. The molecule has 6 N–H and O–H groups in total. The van der Waals surface area contributed by atoms with E-state index in [1.165, 1.54) is 18.5 Å². The number of aromatic nitrogens is 1. The highest BCUT2D eigenvalue weighted by Crippen LogP contribution is 2.25. The molecule has 2 heterocycles. The lowest BCUT2D eigenvalue weighted by molar-refractivity contribution is -0.124. The van der Waals surface area contributed by atoms with Crippen LogP contribution in [0.4, 0.5) is 10.1 Å². The number of nitrogens with two attached hydrogens (primary N) is 1. The number of rotatable bonds is 10. The summed E-state index contributed by atoms with van der Waals surface area (Å²) < 4.78 is 13.6. The van der Waals surface area contributed by atoms with E-state index in [1.807, 2.05) is 0 Å². The van der Waals surface area contributed by atoms with Gasteiger partial charge in [0.15, 0.2) is 12.3 Å².